The third kappa shape index (κ3) is 17.6. The number of rotatable bonds is 11. The Morgan fingerprint density at radius 2 is 0.835 bits per heavy atom. The van der Waals surface area contributed by atoms with Gasteiger partial charge < -0.3 is 31.9 Å². The van der Waals surface area contributed by atoms with Crippen molar-refractivity contribution in [1.82, 2.24) is 10.6 Å². The second-order valence-corrected chi connectivity index (χ2v) is 38.2. The molecule has 12 aromatic rings. The molecule has 12 nitrogen and oxygen atoms in total. The summed E-state index contributed by atoms with van der Waals surface area (Å²) >= 11 is 23.9. The van der Waals surface area contributed by atoms with Crippen LogP contribution in [0.5, 0.6) is 0 Å². The number of fused-ring (bicyclic) bond motifs is 5. The Morgan fingerprint density at radius 1 is 0.374 bits per heavy atom. The highest BCUT2D eigenvalue weighted by Gasteiger charge is 2.33. The summed E-state index contributed by atoms with van der Waals surface area (Å²) in [6, 6.07) is 60.2. The number of aryl methyl sites for hydroxylation is 9. The van der Waals surface area contributed by atoms with Gasteiger partial charge >= 0.3 is 0 Å². The van der Waals surface area contributed by atoms with Crippen LogP contribution in [0.25, 0.3) is 20.5 Å². The molecule has 6 N–H and O–H groups in total. The summed E-state index contributed by atoms with van der Waals surface area (Å²) in [7, 11) is 0. The first kappa shape index (κ1) is 80.8. The lowest BCUT2D eigenvalue weighted by Crippen LogP contribution is -2.26. The summed E-state index contributed by atoms with van der Waals surface area (Å²) in [5, 5.41) is 21.8. The lowest BCUT2D eigenvalue weighted by molar-refractivity contribution is 0.766. The van der Waals surface area contributed by atoms with E-state index in [1.807, 2.05) is 101 Å². The number of benzene rings is 6. The first-order valence-electron chi connectivity index (χ1n) is 40.0. The molecule has 8 aliphatic rings. The molecular formula is C95H98Cl2N12S6. The van der Waals surface area contributed by atoms with Gasteiger partial charge in [-0.3, -0.25) is 30.0 Å². The van der Waals surface area contributed by atoms with Crippen LogP contribution in [0.4, 0.5) is 22.7 Å². The zero-order chi connectivity index (χ0) is 79.8. The second-order valence-electron chi connectivity index (χ2n) is 29.6. The number of halogens is 2. The number of nitrogens with one attached hydrogen (secondary N) is 6. The number of anilines is 4. The quantitative estimate of drug-likeness (QED) is 0.0760. The largest absolute Gasteiger partial charge is 0.350 e. The van der Waals surface area contributed by atoms with Crippen molar-refractivity contribution >= 4 is 162 Å². The summed E-state index contributed by atoms with van der Waals surface area (Å²) in [6.07, 6.45) is 20.7. The molecule has 0 fully saturated rings. The van der Waals surface area contributed by atoms with Gasteiger partial charge in [0.2, 0.25) is 0 Å². The maximum Gasteiger partial charge on any atom is 0.106 e. The van der Waals surface area contributed by atoms with Crippen molar-refractivity contribution in [3.8, 4) is 10.4 Å². The highest BCUT2D eigenvalue weighted by Crippen LogP contribution is 2.50. The van der Waals surface area contributed by atoms with Crippen molar-refractivity contribution in [3.05, 3.63) is 307 Å². The minimum Gasteiger partial charge on any atom is -0.350 e. The van der Waals surface area contributed by atoms with Crippen molar-refractivity contribution < 1.29 is 0 Å². The number of para-hydroxylation sites is 4. The summed E-state index contributed by atoms with van der Waals surface area (Å²) in [4.78, 5) is 42.0. The van der Waals surface area contributed by atoms with Crippen LogP contribution in [0.2, 0.25) is 9.36 Å². The molecule has 20 rings (SSSR count). The minimum absolute atomic E-state index is 0.00123. The molecule has 6 aromatic carbocycles. The van der Waals surface area contributed by atoms with Gasteiger partial charge in [0.25, 0.3) is 0 Å². The van der Waals surface area contributed by atoms with Crippen LogP contribution in [0.3, 0.4) is 0 Å². The van der Waals surface area contributed by atoms with Gasteiger partial charge in [0.1, 0.15) is 36.3 Å². The highest BCUT2D eigenvalue weighted by molar-refractivity contribution is 7.19. The number of nitrogens with zero attached hydrogens (tertiary/aromatic N) is 6. The van der Waals surface area contributed by atoms with E-state index < -0.39 is 0 Å². The number of amidine groups is 1. The van der Waals surface area contributed by atoms with E-state index in [1.54, 1.807) is 35.4 Å². The maximum absolute atomic E-state index is 6.49. The first-order valence-corrected chi connectivity index (χ1v) is 45.6. The summed E-state index contributed by atoms with van der Waals surface area (Å²) in [5.74, 6) is 1.07. The molecule has 0 bridgehead atoms. The van der Waals surface area contributed by atoms with Gasteiger partial charge in [0.05, 0.1) is 41.9 Å². The molecule has 20 heteroatoms. The van der Waals surface area contributed by atoms with Crippen LogP contribution in [0, 0.1) is 41.5 Å². The van der Waals surface area contributed by atoms with Gasteiger partial charge in [-0.05, 0) is 212 Å². The van der Waals surface area contributed by atoms with Crippen molar-refractivity contribution in [3.63, 3.8) is 0 Å². The zero-order valence-corrected chi connectivity index (χ0v) is 73.4. The fraction of sp³-hybridized carbons (Fsp3) is 0.284. The van der Waals surface area contributed by atoms with E-state index in [9.17, 15) is 0 Å². The fourth-order valence-electron chi connectivity index (χ4n) is 16.6. The number of aliphatic imine (C=N–C) groups is 6. The molecule has 0 radical (unpaired) electrons. The molecule has 0 saturated heterocycles. The molecule has 0 spiro atoms. The van der Waals surface area contributed by atoms with Crippen LogP contribution in [0.15, 0.2) is 222 Å². The lowest BCUT2D eigenvalue weighted by atomic mass is 9.92. The molecule has 6 atom stereocenters. The van der Waals surface area contributed by atoms with Crippen LogP contribution < -0.4 is 31.9 Å². The van der Waals surface area contributed by atoms with Crippen LogP contribution in [-0.4, -0.2) is 37.5 Å². The molecule has 0 saturated carbocycles. The molecular weight excluding hydrogens is 1570 g/mol. The van der Waals surface area contributed by atoms with Gasteiger partial charge in [-0.1, -0.05) is 160 Å². The van der Waals surface area contributed by atoms with Crippen molar-refractivity contribution in [1.29, 1.82) is 0 Å². The Labute approximate surface area is 711 Å². The van der Waals surface area contributed by atoms with Crippen molar-refractivity contribution in [2.45, 2.75) is 177 Å². The van der Waals surface area contributed by atoms with Crippen LogP contribution in [-0.2, 0) is 25.7 Å². The Kier molecular flexibility index (Phi) is 25.9. The molecule has 2 aliphatic carbocycles. The predicted molar refractivity (Wildman–Crippen MR) is 502 cm³/mol. The molecule has 12 heterocycles. The summed E-state index contributed by atoms with van der Waals surface area (Å²) in [5.41, 5.74) is 25.7. The first-order chi connectivity index (χ1) is 56.1. The van der Waals surface area contributed by atoms with E-state index in [-0.39, 0.29) is 24.2 Å². The Hall–Kier alpha value is -9.34. The minimum atomic E-state index is -0.00123. The van der Waals surface area contributed by atoms with E-state index in [0.29, 0.717) is 12.1 Å². The number of allylic oxidation sites excluding steroid dienone is 2. The van der Waals surface area contributed by atoms with Crippen molar-refractivity contribution in [2.24, 2.45) is 30.0 Å². The van der Waals surface area contributed by atoms with E-state index >= 15 is 0 Å². The standard InChI is InChI=1S/C20H17ClN2S.C18H16N2S.C16H18N2S.C14H13ClN2S.C14H18N2S.C13H16N2S/c1-12-13(2)24-20(14-7-3-5-9-16(14)21)18(12)19-15-8-4-6-10-17(15)22-11-23-19;1-2-15-17(13-8-4-6-10-16(13)21-15)18-12-7-3-5-9-14(12)19-11-20-18;1-3-11-9-13(15(4-2)19-11)16-12-7-5-6-8-14(12)17-10-18-16;1-2-9-7-11(14(15)18-9)13-10-5-3-4-6-12(10)16-8-17-13;1-8-7-12(9(2)17-8)14-11-5-4-6-13(11)15-10(3)16-14;1-8-6-11(9(2)16-8)13-10-4-3-5-12(10)14-7-15-13/h3-11,19H,1-2H3,(H,22,23);3-11,18H,2H2,1H3,(H,19,20);5-10,16H,3-4H2,1-2H3,(H,17,18);3-8,13H,2H2,1H3,(H,16,17);7,14H,4-6H2,1-3H3,(H,15,16);6-7,13H,3-5H2,1-2H3,(H,14,15). The van der Waals surface area contributed by atoms with Gasteiger partial charge in [-0.2, -0.15) is 0 Å². The monoisotopic (exact) mass is 1670 g/mol. The second kappa shape index (κ2) is 36.9. The van der Waals surface area contributed by atoms with E-state index in [4.69, 9.17) is 38.2 Å². The fourth-order valence-corrected chi connectivity index (χ4v) is 23.6. The van der Waals surface area contributed by atoms with E-state index in [0.717, 1.165) is 69.1 Å². The normalized spacial score (nSPS) is 18.6. The Morgan fingerprint density at radius 3 is 1.38 bits per heavy atom. The van der Waals surface area contributed by atoms with Gasteiger partial charge in [0.15, 0.2) is 0 Å². The predicted octanol–water partition coefficient (Wildman–Crippen LogP) is 27.5. The highest BCUT2D eigenvalue weighted by atomic mass is 35.5. The SMILES string of the molecule is CC1=NC(c2cc(C)sc2C)C2=C(CCC2)N1.CCc1cc(C2N=CNc3ccccc32)c(CC)s1.CCc1cc(C2N=CNc3ccccc32)c(Cl)s1.CCc1sc2ccccc2c1C1N=CNc2ccccc21.Cc1cc(C2N=CNC3=C2CCC3)c(C)s1.Cc1sc(-c2ccccc2Cl)c(C2N=CNc3ccccc32)c1C. The van der Waals surface area contributed by atoms with Crippen LogP contribution >= 0.6 is 91.2 Å². The van der Waals surface area contributed by atoms with E-state index in [2.05, 4.69) is 256 Å². The number of hydrogen-bond acceptors (Lipinski definition) is 18. The van der Waals surface area contributed by atoms with Crippen LogP contribution in [0.1, 0.15) is 214 Å². The molecule has 588 valence electrons. The average molecular weight is 1670 g/mol. The summed E-state index contributed by atoms with van der Waals surface area (Å²) < 4.78 is 2.21. The molecule has 0 amide bonds. The van der Waals surface area contributed by atoms with Gasteiger partial charge in [-0.25, -0.2) is 0 Å². The Bertz CT molecular complexity index is 5790. The third-order valence-corrected chi connectivity index (χ3v) is 30.1. The maximum atomic E-state index is 6.49. The molecule has 6 aromatic heterocycles. The topological polar surface area (TPSA) is 146 Å². The smallest absolute Gasteiger partial charge is 0.106 e. The molecule has 6 unspecified atom stereocenters. The lowest BCUT2D eigenvalue weighted by Gasteiger charge is -2.23. The third-order valence-electron chi connectivity index (χ3n) is 22.2. The van der Waals surface area contributed by atoms with E-state index in [1.165, 1.54) is 181 Å². The zero-order valence-electron chi connectivity index (χ0n) is 67.0. The average Bonchev–Trinajstić information content (AvgIpc) is 1.67. The number of hydrogen-bond donors (Lipinski definition) is 6. The van der Waals surface area contributed by atoms with Gasteiger partial charge in [-0.15, -0.1) is 68.0 Å². The van der Waals surface area contributed by atoms with Gasteiger partial charge in [0, 0.05) is 137 Å². The summed E-state index contributed by atoms with van der Waals surface area (Å²) in [6.45, 7) is 24.0. The van der Waals surface area contributed by atoms with Crippen molar-refractivity contribution in [2.75, 3.05) is 21.3 Å². The number of thiophene rings is 6. The molecule has 6 aliphatic heterocycles. The Balaban J connectivity index is 0.000000109. The molecule has 115 heavy (non-hydrogen) atoms.